The minimum absolute atomic E-state index is 0.00249. The highest BCUT2D eigenvalue weighted by Crippen LogP contribution is 2.31. The fourth-order valence-corrected chi connectivity index (χ4v) is 3.41. The summed E-state index contributed by atoms with van der Waals surface area (Å²) < 4.78 is 5.81. The number of hydrogen-bond donors (Lipinski definition) is 4. The molecular formula is C20H13BrN6O7. The number of amides is 1. The first-order chi connectivity index (χ1) is 16.2. The molecule has 0 saturated heterocycles. The van der Waals surface area contributed by atoms with Crippen molar-refractivity contribution in [2.75, 3.05) is 5.32 Å². The van der Waals surface area contributed by atoms with Crippen molar-refractivity contribution in [3.63, 3.8) is 0 Å². The van der Waals surface area contributed by atoms with Crippen LogP contribution in [0.4, 0.5) is 16.2 Å². The lowest BCUT2D eigenvalue weighted by atomic mass is 10.1. The molecule has 1 amide bonds. The molecule has 0 radical (unpaired) electrons. The van der Waals surface area contributed by atoms with Gasteiger partial charge < -0.3 is 19.8 Å². The first-order valence-electron chi connectivity index (χ1n) is 9.41. The van der Waals surface area contributed by atoms with Gasteiger partial charge in [-0.15, -0.1) is 0 Å². The Morgan fingerprint density at radius 2 is 2.00 bits per heavy atom. The van der Waals surface area contributed by atoms with E-state index in [0.29, 0.717) is 15.9 Å². The van der Waals surface area contributed by atoms with Crippen molar-refractivity contribution in [3.05, 3.63) is 78.9 Å². The zero-order valence-corrected chi connectivity index (χ0v) is 18.5. The maximum atomic E-state index is 12.1. The molecule has 14 heteroatoms. The molecule has 0 atom stereocenters. The van der Waals surface area contributed by atoms with E-state index < -0.39 is 33.9 Å². The van der Waals surface area contributed by atoms with Crippen LogP contribution in [0.2, 0.25) is 0 Å². The quantitative estimate of drug-likeness (QED) is 0.214. The number of carboxylic acids is 1. The smallest absolute Gasteiger partial charge is 0.412 e. The topological polar surface area (TPSA) is 193 Å². The van der Waals surface area contributed by atoms with Gasteiger partial charge in [0.05, 0.1) is 39.1 Å². The number of rotatable bonds is 6. The highest BCUT2D eigenvalue weighted by molar-refractivity contribution is 9.10. The van der Waals surface area contributed by atoms with Crippen LogP contribution >= 0.6 is 15.9 Å². The third-order valence-corrected chi connectivity index (χ3v) is 5.25. The van der Waals surface area contributed by atoms with Gasteiger partial charge in [-0.2, -0.15) is 0 Å². The maximum Gasteiger partial charge on any atom is 0.412 e. The van der Waals surface area contributed by atoms with Crippen LogP contribution in [0.25, 0.3) is 22.4 Å². The SMILES string of the molecule is O=C(Nc1ccccc1Br)OCc1cnc(-c2cc3nc(C(=O)O)c(=O)[nH]c3cc2[N+](=O)[O-])[nH]1. The number of anilines is 1. The van der Waals surface area contributed by atoms with Crippen molar-refractivity contribution < 1.29 is 24.4 Å². The van der Waals surface area contributed by atoms with Gasteiger partial charge in [0.2, 0.25) is 5.69 Å². The second-order valence-corrected chi connectivity index (χ2v) is 7.66. The van der Waals surface area contributed by atoms with E-state index in [1.54, 1.807) is 24.3 Å². The van der Waals surface area contributed by atoms with Crippen LogP contribution in [-0.2, 0) is 11.3 Å². The molecule has 2 aromatic heterocycles. The molecule has 0 unspecified atom stereocenters. The van der Waals surface area contributed by atoms with E-state index in [2.05, 4.69) is 41.2 Å². The number of benzene rings is 2. The lowest BCUT2D eigenvalue weighted by Crippen LogP contribution is -2.19. The van der Waals surface area contributed by atoms with Gasteiger partial charge >= 0.3 is 12.1 Å². The number of aromatic amines is 2. The molecule has 13 nitrogen and oxygen atoms in total. The molecule has 0 saturated carbocycles. The number of imidazole rings is 1. The Morgan fingerprint density at radius 3 is 2.71 bits per heavy atom. The standard InChI is InChI=1S/C20H13BrN6O7/c21-11-3-1-2-4-12(11)26-20(31)34-8-9-7-22-17(23-9)10-5-13-14(6-15(10)27(32)33)25-18(28)16(24-13)19(29)30/h1-7H,8H2,(H,22,23)(H,25,28)(H,26,31)(H,29,30). The van der Waals surface area contributed by atoms with Crippen LogP contribution in [0.15, 0.2) is 51.9 Å². The monoisotopic (exact) mass is 528 g/mol. The highest BCUT2D eigenvalue weighted by atomic mass is 79.9. The van der Waals surface area contributed by atoms with Gasteiger partial charge in [0.1, 0.15) is 12.4 Å². The molecule has 0 bridgehead atoms. The first-order valence-corrected chi connectivity index (χ1v) is 10.2. The van der Waals surface area contributed by atoms with Crippen LogP contribution in [0.5, 0.6) is 0 Å². The average Bonchev–Trinajstić information content (AvgIpc) is 3.26. The molecule has 2 heterocycles. The van der Waals surface area contributed by atoms with Gasteiger partial charge in [-0.1, -0.05) is 12.1 Å². The van der Waals surface area contributed by atoms with Gasteiger partial charge in [-0.25, -0.2) is 19.6 Å². The number of nitro benzene ring substituents is 1. The molecule has 4 aromatic rings. The number of carboxylic acid groups (broad SMARTS) is 1. The fourth-order valence-electron chi connectivity index (χ4n) is 3.03. The van der Waals surface area contributed by atoms with E-state index in [1.807, 2.05) is 0 Å². The summed E-state index contributed by atoms with van der Waals surface area (Å²) in [7, 11) is 0. The number of hydrogen-bond acceptors (Lipinski definition) is 8. The molecule has 0 aliphatic carbocycles. The maximum absolute atomic E-state index is 12.1. The summed E-state index contributed by atoms with van der Waals surface area (Å²) in [6, 6.07) is 9.25. The second kappa shape index (κ2) is 9.11. The predicted octanol–water partition coefficient (Wildman–Crippen LogP) is 3.43. The minimum atomic E-state index is -1.54. The van der Waals surface area contributed by atoms with E-state index >= 15 is 0 Å². The van der Waals surface area contributed by atoms with Gasteiger partial charge in [0.15, 0.2) is 0 Å². The Bertz CT molecular complexity index is 1510. The molecule has 34 heavy (non-hydrogen) atoms. The predicted molar refractivity (Wildman–Crippen MR) is 122 cm³/mol. The van der Waals surface area contributed by atoms with Gasteiger partial charge in [0, 0.05) is 10.5 Å². The largest absolute Gasteiger partial charge is 0.476 e. The average molecular weight is 529 g/mol. The summed E-state index contributed by atoms with van der Waals surface area (Å²) in [6.45, 7) is -0.209. The van der Waals surface area contributed by atoms with Crippen LogP contribution in [0.3, 0.4) is 0 Å². The van der Waals surface area contributed by atoms with E-state index in [9.17, 15) is 24.5 Å². The number of carbonyl (C=O) groups excluding carboxylic acids is 1. The zero-order chi connectivity index (χ0) is 24.4. The van der Waals surface area contributed by atoms with Crippen molar-refractivity contribution in [2.45, 2.75) is 6.61 Å². The number of ether oxygens (including phenoxy) is 1. The number of halogens is 1. The Morgan fingerprint density at radius 1 is 1.24 bits per heavy atom. The lowest BCUT2D eigenvalue weighted by molar-refractivity contribution is -0.384. The summed E-state index contributed by atoms with van der Waals surface area (Å²) in [5, 5.41) is 23.3. The number of nitrogens with one attached hydrogen (secondary N) is 3. The number of fused-ring (bicyclic) bond motifs is 1. The molecule has 0 aliphatic rings. The molecule has 0 spiro atoms. The van der Waals surface area contributed by atoms with Crippen LogP contribution in [-0.4, -0.2) is 42.0 Å². The normalized spacial score (nSPS) is 10.7. The molecule has 4 N–H and O–H groups in total. The van der Waals surface area contributed by atoms with Gasteiger partial charge in [-0.05, 0) is 34.1 Å². The Labute approximate surface area is 197 Å². The van der Waals surface area contributed by atoms with E-state index in [0.717, 1.165) is 6.07 Å². The van der Waals surface area contributed by atoms with Crippen LogP contribution in [0, 0.1) is 10.1 Å². The van der Waals surface area contributed by atoms with Gasteiger partial charge in [0.25, 0.3) is 11.2 Å². The zero-order valence-electron chi connectivity index (χ0n) is 16.9. The summed E-state index contributed by atoms with van der Waals surface area (Å²) in [4.78, 5) is 59.0. The summed E-state index contributed by atoms with van der Waals surface area (Å²) >= 11 is 3.30. The lowest BCUT2D eigenvalue weighted by Gasteiger charge is -2.07. The number of nitrogens with zero attached hydrogens (tertiary/aromatic N) is 3. The molecule has 172 valence electrons. The molecule has 0 fully saturated rings. The highest BCUT2D eigenvalue weighted by Gasteiger charge is 2.22. The summed E-state index contributed by atoms with van der Waals surface area (Å²) in [6.07, 6.45) is 0.604. The van der Waals surface area contributed by atoms with Crippen molar-refractivity contribution in [1.29, 1.82) is 0 Å². The van der Waals surface area contributed by atoms with Crippen LogP contribution < -0.4 is 10.9 Å². The molecule has 0 aliphatic heterocycles. The molecule has 4 rings (SSSR count). The van der Waals surface area contributed by atoms with Crippen LogP contribution in [0.1, 0.15) is 16.2 Å². The second-order valence-electron chi connectivity index (χ2n) is 6.80. The summed E-state index contributed by atoms with van der Waals surface area (Å²) in [5.74, 6) is -1.48. The molecular weight excluding hydrogens is 516 g/mol. The van der Waals surface area contributed by atoms with E-state index in [4.69, 9.17) is 9.84 Å². The number of para-hydroxylation sites is 1. The number of nitro groups is 1. The Balaban J connectivity index is 1.59. The number of aromatic nitrogens is 4. The first kappa shape index (κ1) is 22.6. The van der Waals surface area contributed by atoms with Crippen molar-refractivity contribution in [3.8, 4) is 11.4 Å². The minimum Gasteiger partial charge on any atom is -0.476 e. The third kappa shape index (κ3) is 4.61. The number of H-pyrrole nitrogens is 2. The third-order valence-electron chi connectivity index (χ3n) is 4.56. The van der Waals surface area contributed by atoms with E-state index in [1.165, 1.54) is 12.3 Å². The number of carbonyl (C=O) groups is 2. The number of aromatic carboxylic acids is 1. The van der Waals surface area contributed by atoms with Crippen molar-refractivity contribution >= 4 is 50.4 Å². The fraction of sp³-hybridized carbons (Fsp3) is 0.0500. The Hall–Kier alpha value is -4.59. The van der Waals surface area contributed by atoms with Crippen molar-refractivity contribution in [2.24, 2.45) is 0 Å². The molecule has 2 aromatic carbocycles. The van der Waals surface area contributed by atoms with Gasteiger partial charge in [-0.3, -0.25) is 20.2 Å². The van der Waals surface area contributed by atoms with Crippen molar-refractivity contribution in [1.82, 2.24) is 19.9 Å². The van der Waals surface area contributed by atoms with E-state index in [-0.39, 0.29) is 29.0 Å². The summed E-state index contributed by atoms with van der Waals surface area (Å²) in [5.41, 5.74) is -1.29. The Kier molecular flexibility index (Phi) is 6.05.